The molecule has 2 aliphatic rings. The normalized spacial score (nSPS) is 26.9. The minimum Gasteiger partial charge on any atom is -0.490 e. The number of aliphatic hydroxyl groups excluding tert-OH is 1. The van der Waals surface area contributed by atoms with Crippen molar-refractivity contribution in [3.63, 3.8) is 0 Å². The van der Waals surface area contributed by atoms with Crippen LogP contribution in [0.1, 0.15) is 18.4 Å². The van der Waals surface area contributed by atoms with Crippen LogP contribution in [0.5, 0.6) is 11.5 Å². The molecule has 1 aromatic rings. The van der Waals surface area contributed by atoms with Crippen LogP contribution in [-0.2, 0) is 5.41 Å². The number of hydrogen-bond acceptors (Lipinski definition) is 4. The zero-order chi connectivity index (χ0) is 12.4. The molecule has 1 saturated heterocycles. The fraction of sp³-hybridized carbons (Fsp3) is 0.571. The second kappa shape index (κ2) is 4.78. The van der Waals surface area contributed by atoms with Crippen LogP contribution < -0.4 is 14.8 Å². The van der Waals surface area contributed by atoms with Gasteiger partial charge in [-0.15, -0.1) is 0 Å². The summed E-state index contributed by atoms with van der Waals surface area (Å²) in [4.78, 5) is 0. The molecule has 2 N–H and O–H groups in total. The van der Waals surface area contributed by atoms with E-state index < -0.39 is 0 Å². The maximum absolute atomic E-state index is 9.72. The predicted octanol–water partition coefficient (Wildman–Crippen LogP) is 1.07. The summed E-state index contributed by atoms with van der Waals surface area (Å²) in [5.74, 6) is 1.63. The largest absolute Gasteiger partial charge is 0.490 e. The van der Waals surface area contributed by atoms with Gasteiger partial charge in [-0.3, -0.25) is 0 Å². The van der Waals surface area contributed by atoms with Gasteiger partial charge in [0.2, 0.25) is 0 Å². The van der Waals surface area contributed by atoms with E-state index in [4.69, 9.17) is 9.47 Å². The smallest absolute Gasteiger partial charge is 0.161 e. The number of hydrogen-bond donors (Lipinski definition) is 2. The van der Waals surface area contributed by atoms with Crippen molar-refractivity contribution in [2.24, 2.45) is 0 Å². The average Bonchev–Trinajstić information content (AvgIpc) is 2.78. The second-order valence-corrected chi connectivity index (χ2v) is 5.08. The fourth-order valence-electron chi connectivity index (χ4n) is 2.71. The monoisotopic (exact) mass is 249 g/mol. The Morgan fingerprint density at radius 1 is 1.22 bits per heavy atom. The molecule has 98 valence electrons. The Balaban J connectivity index is 1.95. The molecular weight excluding hydrogens is 230 g/mol. The molecule has 0 aromatic heterocycles. The molecule has 0 bridgehead atoms. The third kappa shape index (κ3) is 1.95. The lowest BCUT2D eigenvalue weighted by molar-refractivity contribution is 0.205. The number of aliphatic hydroxyl groups is 1. The summed E-state index contributed by atoms with van der Waals surface area (Å²) in [5.41, 5.74) is 0.976. The molecule has 0 aliphatic carbocycles. The molecule has 1 aromatic carbocycles. The Bertz CT molecular complexity index is 427. The summed E-state index contributed by atoms with van der Waals surface area (Å²) in [6.45, 7) is 3.34. The summed E-state index contributed by atoms with van der Waals surface area (Å²) in [6.07, 6.45) is 1.87. The molecule has 2 heterocycles. The third-order valence-corrected chi connectivity index (χ3v) is 3.91. The third-order valence-electron chi connectivity index (χ3n) is 3.91. The van der Waals surface area contributed by atoms with E-state index in [1.54, 1.807) is 0 Å². The Kier molecular flexibility index (Phi) is 3.14. The van der Waals surface area contributed by atoms with Gasteiger partial charge in [0, 0.05) is 18.4 Å². The van der Waals surface area contributed by atoms with Crippen LogP contribution in [-0.4, -0.2) is 38.0 Å². The van der Waals surface area contributed by atoms with Crippen LogP contribution >= 0.6 is 0 Å². The van der Waals surface area contributed by atoms with Crippen molar-refractivity contribution in [1.82, 2.24) is 5.32 Å². The number of nitrogens with one attached hydrogen (secondary N) is 1. The Morgan fingerprint density at radius 3 is 2.78 bits per heavy atom. The Hall–Kier alpha value is -1.26. The van der Waals surface area contributed by atoms with Crippen molar-refractivity contribution in [3.05, 3.63) is 23.8 Å². The SMILES string of the molecule is OCC1(c2ccc3c(c2)OCCCO3)CCNC1. The summed E-state index contributed by atoms with van der Waals surface area (Å²) in [6, 6.07) is 6.05. The molecular formula is C14H19NO3. The van der Waals surface area contributed by atoms with Gasteiger partial charge in [-0.2, -0.15) is 0 Å². The van der Waals surface area contributed by atoms with Crippen molar-refractivity contribution in [1.29, 1.82) is 0 Å². The van der Waals surface area contributed by atoms with Crippen LogP contribution in [0, 0.1) is 0 Å². The zero-order valence-electron chi connectivity index (χ0n) is 10.4. The molecule has 2 aliphatic heterocycles. The standard InChI is InChI=1S/C14H19NO3/c16-10-14(4-5-15-9-14)11-2-3-12-13(8-11)18-7-1-6-17-12/h2-3,8,15-16H,1,4-7,9-10H2. The van der Waals surface area contributed by atoms with E-state index in [1.807, 2.05) is 12.1 Å². The predicted molar refractivity (Wildman–Crippen MR) is 68.3 cm³/mol. The number of rotatable bonds is 2. The van der Waals surface area contributed by atoms with Crippen molar-refractivity contribution < 1.29 is 14.6 Å². The summed E-state index contributed by atoms with van der Waals surface area (Å²) in [5, 5.41) is 13.0. The van der Waals surface area contributed by atoms with Crippen LogP contribution in [0.25, 0.3) is 0 Å². The highest BCUT2D eigenvalue weighted by molar-refractivity contribution is 5.46. The van der Waals surface area contributed by atoms with Gasteiger partial charge in [-0.25, -0.2) is 0 Å². The number of benzene rings is 1. The highest BCUT2D eigenvalue weighted by atomic mass is 16.5. The quantitative estimate of drug-likeness (QED) is 0.823. The van der Waals surface area contributed by atoms with Crippen molar-refractivity contribution >= 4 is 0 Å². The van der Waals surface area contributed by atoms with E-state index in [2.05, 4.69) is 11.4 Å². The van der Waals surface area contributed by atoms with Crippen LogP contribution in [0.4, 0.5) is 0 Å². The Labute approximate surface area is 107 Å². The lowest BCUT2D eigenvalue weighted by Gasteiger charge is -2.27. The molecule has 1 atom stereocenters. The van der Waals surface area contributed by atoms with Crippen LogP contribution in [0.15, 0.2) is 18.2 Å². The first-order valence-electron chi connectivity index (χ1n) is 6.56. The van der Waals surface area contributed by atoms with Crippen LogP contribution in [0.3, 0.4) is 0 Å². The second-order valence-electron chi connectivity index (χ2n) is 5.08. The first-order chi connectivity index (χ1) is 8.84. The van der Waals surface area contributed by atoms with E-state index in [0.717, 1.165) is 43.0 Å². The molecule has 0 saturated carbocycles. The van der Waals surface area contributed by atoms with E-state index in [9.17, 15) is 5.11 Å². The molecule has 1 unspecified atom stereocenters. The summed E-state index contributed by atoms with van der Waals surface area (Å²) < 4.78 is 11.3. The molecule has 0 radical (unpaired) electrons. The van der Waals surface area contributed by atoms with Gasteiger partial charge >= 0.3 is 0 Å². The van der Waals surface area contributed by atoms with Gasteiger partial charge < -0.3 is 19.9 Å². The van der Waals surface area contributed by atoms with E-state index in [0.29, 0.717) is 13.2 Å². The van der Waals surface area contributed by atoms with Gasteiger partial charge in [0.15, 0.2) is 11.5 Å². The van der Waals surface area contributed by atoms with Crippen molar-refractivity contribution in [2.75, 3.05) is 32.9 Å². The topological polar surface area (TPSA) is 50.7 Å². The fourth-order valence-corrected chi connectivity index (χ4v) is 2.71. The van der Waals surface area contributed by atoms with Crippen LogP contribution in [0.2, 0.25) is 0 Å². The zero-order valence-corrected chi connectivity index (χ0v) is 10.4. The molecule has 4 nitrogen and oxygen atoms in total. The molecule has 18 heavy (non-hydrogen) atoms. The molecule has 4 heteroatoms. The molecule has 3 rings (SSSR count). The van der Waals surface area contributed by atoms with Gasteiger partial charge in [-0.1, -0.05) is 6.07 Å². The van der Waals surface area contributed by atoms with Gasteiger partial charge in [0.05, 0.1) is 19.8 Å². The first kappa shape index (κ1) is 11.8. The first-order valence-corrected chi connectivity index (χ1v) is 6.56. The Morgan fingerprint density at radius 2 is 2.06 bits per heavy atom. The molecule has 0 amide bonds. The van der Waals surface area contributed by atoms with Gasteiger partial charge in [0.1, 0.15) is 0 Å². The highest BCUT2D eigenvalue weighted by Gasteiger charge is 2.35. The number of ether oxygens (including phenoxy) is 2. The summed E-state index contributed by atoms with van der Waals surface area (Å²) >= 11 is 0. The molecule has 1 fully saturated rings. The lowest BCUT2D eigenvalue weighted by Crippen LogP contribution is -2.33. The van der Waals surface area contributed by atoms with Gasteiger partial charge in [-0.05, 0) is 30.7 Å². The van der Waals surface area contributed by atoms with E-state index in [1.165, 1.54) is 0 Å². The maximum atomic E-state index is 9.72. The maximum Gasteiger partial charge on any atom is 0.161 e. The van der Waals surface area contributed by atoms with Crippen molar-refractivity contribution in [2.45, 2.75) is 18.3 Å². The van der Waals surface area contributed by atoms with Crippen molar-refractivity contribution in [3.8, 4) is 11.5 Å². The van der Waals surface area contributed by atoms with E-state index >= 15 is 0 Å². The highest BCUT2D eigenvalue weighted by Crippen LogP contribution is 2.37. The van der Waals surface area contributed by atoms with E-state index in [-0.39, 0.29) is 12.0 Å². The average molecular weight is 249 g/mol. The summed E-state index contributed by atoms with van der Waals surface area (Å²) in [7, 11) is 0. The lowest BCUT2D eigenvalue weighted by atomic mass is 9.80. The minimum absolute atomic E-state index is 0.162. The van der Waals surface area contributed by atoms with Gasteiger partial charge in [0.25, 0.3) is 0 Å². The molecule has 0 spiro atoms. The number of fused-ring (bicyclic) bond motifs is 1. The minimum atomic E-state index is -0.162.